The predicted octanol–water partition coefficient (Wildman–Crippen LogP) is 2.20. The van der Waals surface area contributed by atoms with Crippen LogP contribution in [-0.4, -0.2) is 25.5 Å². The Bertz CT molecular complexity index is 545. The summed E-state index contributed by atoms with van der Waals surface area (Å²) < 4.78 is 31.3. The molecule has 0 unspecified atom stereocenters. The molecule has 1 aromatic carbocycles. The number of hydrogen-bond donors (Lipinski definition) is 0. The second-order valence-corrected chi connectivity index (χ2v) is 4.61. The number of nitrogens with zero attached hydrogens (tertiary/aromatic N) is 1. The van der Waals surface area contributed by atoms with Gasteiger partial charge in [-0.1, -0.05) is 0 Å². The van der Waals surface area contributed by atoms with Gasteiger partial charge in [0, 0.05) is 31.0 Å². The van der Waals surface area contributed by atoms with Gasteiger partial charge in [-0.15, -0.1) is 0 Å². The van der Waals surface area contributed by atoms with Crippen molar-refractivity contribution in [3.05, 3.63) is 29.3 Å². The maximum atomic E-state index is 13.6. The fourth-order valence-electron chi connectivity index (χ4n) is 2.30. The normalized spacial score (nSPS) is 13.2. The number of carbonyl (C=O) groups is 2. The van der Waals surface area contributed by atoms with Crippen LogP contribution in [0.2, 0.25) is 0 Å². The Kier molecular flexibility index (Phi) is 4.32. The molecule has 2 rings (SSSR count). The number of ether oxygens (including phenoxy) is 1. The molecule has 0 atom stereocenters. The van der Waals surface area contributed by atoms with Crippen molar-refractivity contribution in [1.82, 2.24) is 0 Å². The van der Waals surface area contributed by atoms with Crippen LogP contribution in [0.25, 0.3) is 0 Å². The fourth-order valence-corrected chi connectivity index (χ4v) is 2.30. The molecule has 4 nitrogen and oxygen atoms in total. The van der Waals surface area contributed by atoms with Crippen molar-refractivity contribution in [2.24, 2.45) is 0 Å². The van der Waals surface area contributed by atoms with E-state index in [9.17, 15) is 18.4 Å². The van der Waals surface area contributed by atoms with Crippen molar-refractivity contribution in [1.29, 1.82) is 0 Å². The highest BCUT2D eigenvalue weighted by molar-refractivity contribution is 5.95. The Labute approximate surface area is 115 Å². The molecule has 1 aliphatic rings. The molecule has 108 valence electrons. The van der Waals surface area contributed by atoms with E-state index < -0.39 is 11.6 Å². The van der Waals surface area contributed by atoms with E-state index in [1.165, 1.54) is 18.1 Å². The van der Waals surface area contributed by atoms with E-state index in [-0.39, 0.29) is 24.7 Å². The minimum atomic E-state index is -0.699. The number of esters is 1. The maximum absolute atomic E-state index is 13.6. The quantitative estimate of drug-likeness (QED) is 0.796. The molecule has 0 saturated heterocycles. The highest BCUT2D eigenvalue weighted by Gasteiger charge is 2.27. The first-order valence-corrected chi connectivity index (χ1v) is 6.38. The van der Waals surface area contributed by atoms with E-state index in [0.29, 0.717) is 30.6 Å². The second-order valence-electron chi connectivity index (χ2n) is 4.61. The van der Waals surface area contributed by atoms with Gasteiger partial charge in [-0.2, -0.15) is 0 Å². The Balaban J connectivity index is 2.02. The zero-order valence-corrected chi connectivity index (χ0v) is 11.1. The number of rotatable bonds is 4. The Morgan fingerprint density at radius 3 is 2.75 bits per heavy atom. The molecule has 1 aromatic rings. The van der Waals surface area contributed by atoms with Gasteiger partial charge in [0.05, 0.1) is 12.8 Å². The summed E-state index contributed by atoms with van der Waals surface area (Å²) in [7, 11) is 1.28. The molecular formula is C14H15F2NO3. The van der Waals surface area contributed by atoms with Gasteiger partial charge < -0.3 is 9.64 Å². The molecule has 0 aliphatic carbocycles. The second kappa shape index (κ2) is 5.98. The van der Waals surface area contributed by atoms with Crippen molar-refractivity contribution < 1.29 is 23.1 Å². The topological polar surface area (TPSA) is 46.6 Å². The largest absolute Gasteiger partial charge is 0.469 e. The van der Waals surface area contributed by atoms with E-state index in [4.69, 9.17) is 0 Å². The minimum absolute atomic E-state index is 0.146. The highest BCUT2D eigenvalue weighted by Crippen LogP contribution is 2.31. The highest BCUT2D eigenvalue weighted by atomic mass is 19.1. The summed E-state index contributed by atoms with van der Waals surface area (Å²) in [6, 6.07) is 1.99. The molecular weight excluding hydrogens is 268 g/mol. The maximum Gasteiger partial charge on any atom is 0.305 e. The zero-order valence-electron chi connectivity index (χ0n) is 11.1. The monoisotopic (exact) mass is 283 g/mol. The zero-order chi connectivity index (χ0) is 14.7. The molecule has 20 heavy (non-hydrogen) atoms. The summed E-state index contributed by atoms with van der Waals surface area (Å²) in [5, 5.41) is 0. The van der Waals surface area contributed by atoms with E-state index in [1.807, 2.05) is 0 Å². The first-order valence-electron chi connectivity index (χ1n) is 6.38. The van der Waals surface area contributed by atoms with Crippen LogP contribution in [0, 0.1) is 11.6 Å². The summed E-state index contributed by atoms with van der Waals surface area (Å²) in [5.41, 5.74) is 0.665. The van der Waals surface area contributed by atoms with Crippen LogP contribution in [-0.2, 0) is 20.7 Å². The van der Waals surface area contributed by atoms with Crippen LogP contribution in [0.4, 0.5) is 14.5 Å². The van der Waals surface area contributed by atoms with Gasteiger partial charge in [-0.25, -0.2) is 8.78 Å². The lowest BCUT2D eigenvalue weighted by atomic mass is 10.1. The molecule has 0 N–H and O–H groups in total. The van der Waals surface area contributed by atoms with Crippen molar-refractivity contribution in [3.63, 3.8) is 0 Å². The summed E-state index contributed by atoms with van der Waals surface area (Å²) >= 11 is 0. The lowest BCUT2D eigenvalue weighted by molar-refractivity contribution is -0.140. The molecule has 0 aromatic heterocycles. The molecule has 0 saturated carbocycles. The third-order valence-electron chi connectivity index (χ3n) is 3.31. The van der Waals surface area contributed by atoms with E-state index in [0.717, 1.165) is 6.07 Å². The van der Waals surface area contributed by atoms with Crippen LogP contribution in [0.1, 0.15) is 24.8 Å². The lowest BCUT2D eigenvalue weighted by Gasteiger charge is -2.17. The van der Waals surface area contributed by atoms with Crippen molar-refractivity contribution >= 4 is 17.6 Å². The van der Waals surface area contributed by atoms with Gasteiger partial charge in [-0.3, -0.25) is 9.59 Å². The molecule has 1 aliphatic heterocycles. The first kappa shape index (κ1) is 14.4. The van der Waals surface area contributed by atoms with Gasteiger partial charge >= 0.3 is 5.97 Å². The lowest BCUT2D eigenvalue weighted by Crippen LogP contribution is -2.28. The van der Waals surface area contributed by atoms with Gasteiger partial charge in [-0.05, 0) is 18.9 Å². The smallest absolute Gasteiger partial charge is 0.305 e. The third kappa shape index (κ3) is 2.95. The number of anilines is 1. The van der Waals surface area contributed by atoms with Gasteiger partial charge in [0.25, 0.3) is 0 Å². The number of amides is 1. The van der Waals surface area contributed by atoms with Crippen molar-refractivity contribution in [2.45, 2.75) is 25.7 Å². The SMILES string of the molecule is COC(=O)CCCC(=O)N1CCc2c(F)cc(F)cc21. The number of carbonyl (C=O) groups excluding carboxylic acids is 2. The molecule has 1 amide bonds. The van der Waals surface area contributed by atoms with Crippen molar-refractivity contribution in [3.8, 4) is 0 Å². The fraction of sp³-hybridized carbons (Fsp3) is 0.429. The molecule has 0 spiro atoms. The number of hydrogen-bond acceptors (Lipinski definition) is 3. The van der Waals surface area contributed by atoms with Crippen LogP contribution < -0.4 is 4.90 Å². The van der Waals surface area contributed by atoms with E-state index in [2.05, 4.69) is 4.74 Å². The standard InChI is InChI=1S/C14H15F2NO3/c1-20-14(19)4-2-3-13(18)17-6-5-10-11(16)7-9(15)8-12(10)17/h7-8H,2-6H2,1H3. The Morgan fingerprint density at radius 2 is 2.05 bits per heavy atom. The average molecular weight is 283 g/mol. The molecule has 0 radical (unpaired) electrons. The summed E-state index contributed by atoms with van der Waals surface area (Å²) in [5.74, 6) is -1.94. The van der Waals surface area contributed by atoms with Gasteiger partial charge in [0.15, 0.2) is 0 Å². The summed E-state index contributed by atoms with van der Waals surface area (Å²) in [6.07, 6.45) is 1.03. The van der Waals surface area contributed by atoms with Crippen LogP contribution in [0.15, 0.2) is 12.1 Å². The predicted molar refractivity (Wildman–Crippen MR) is 68.3 cm³/mol. The Morgan fingerprint density at radius 1 is 1.30 bits per heavy atom. The van der Waals surface area contributed by atoms with Crippen molar-refractivity contribution in [2.75, 3.05) is 18.6 Å². The number of methoxy groups -OCH3 is 1. The molecule has 6 heteroatoms. The van der Waals surface area contributed by atoms with E-state index >= 15 is 0 Å². The van der Waals surface area contributed by atoms with Crippen LogP contribution in [0.5, 0.6) is 0 Å². The summed E-state index contributed by atoms with van der Waals surface area (Å²) in [6.45, 7) is 0.340. The number of fused-ring (bicyclic) bond motifs is 1. The van der Waals surface area contributed by atoms with Gasteiger partial charge in [0.2, 0.25) is 5.91 Å². The number of benzene rings is 1. The van der Waals surface area contributed by atoms with Crippen LogP contribution in [0.3, 0.4) is 0 Å². The molecule has 0 bridgehead atoms. The van der Waals surface area contributed by atoms with E-state index in [1.54, 1.807) is 0 Å². The minimum Gasteiger partial charge on any atom is -0.469 e. The molecule has 0 fully saturated rings. The third-order valence-corrected chi connectivity index (χ3v) is 3.31. The van der Waals surface area contributed by atoms with Gasteiger partial charge in [0.1, 0.15) is 11.6 Å². The first-order chi connectivity index (χ1) is 9.52. The molecule has 1 heterocycles. The Hall–Kier alpha value is -1.98. The average Bonchev–Trinajstić information content (AvgIpc) is 2.82. The number of halogens is 2. The summed E-state index contributed by atoms with van der Waals surface area (Å²) in [4.78, 5) is 24.4. The van der Waals surface area contributed by atoms with Crippen LogP contribution >= 0.6 is 0 Å².